The number of fused-ring (bicyclic) bond motifs is 1. The molecule has 4 rings (SSSR count). The molecule has 0 unspecified atom stereocenters. The van der Waals surface area contributed by atoms with Crippen LogP contribution in [0, 0.1) is 11.2 Å². The van der Waals surface area contributed by atoms with E-state index in [1.54, 1.807) is 12.1 Å². The van der Waals surface area contributed by atoms with E-state index in [0.29, 0.717) is 13.0 Å². The van der Waals surface area contributed by atoms with Crippen molar-refractivity contribution >= 4 is 5.91 Å². The predicted octanol–water partition coefficient (Wildman–Crippen LogP) is 3.56. The van der Waals surface area contributed by atoms with Crippen molar-refractivity contribution in [1.29, 1.82) is 0 Å². The van der Waals surface area contributed by atoms with E-state index in [1.807, 2.05) is 15.9 Å². The summed E-state index contributed by atoms with van der Waals surface area (Å²) in [6.45, 7) is 6.66. The summed E-state index contributed by atoms with van der Waals surface area (Å²) in [6, 6.07) is 6.28. The number of aromatic nitrogens is 2. The fraction of sp³-hybridized carbons (Fsp3) is 0.545. The van der Waals surface area contributed by atoms with Gasteiger partial charge in [-0.3, -0.25) is 9.63 Å². The van der Waals surface area contributed by atoms with Crippen molar-refractivity contribution in [3.05, 3.63) is 47.5 Å². The number of benzene rings is 1. The maximum absolute atomic E-state index is 13.3. The number of rotatable bonds is 5. The number of hydroxylamine groups is 2. The van der Waals surface area contributed by atoms with Crippen molar-refractivity contribution in [3.63, 3.8) is 0 Å². The number of nitrogens with zero attached hydrogens (tertiary/aromatic N) is 3. The molecule has 156 valence electrons. The van der Waals surface area contributed by atoms with Crippen LogP contribution >= 0.6 is 0 Å². The lowest BCUT2D eigenvalue weighted by molar-refractivity contribution is -0.181. The normalized spacial score (nSPS) is 21.6. The van der Waals surface area contributed by atoms with Gasteiger partial charge in [0.25, 0.3) is 0 Å². The molecule has 1 atom stereocenters. The van der Waals surface area contributed by atoms with Gasteiger partial charge in [0.1, 0.15) is 5.82 Å². The molecule has 1 fully saturated rings. The Bertz CT molecular complexity index is 856. The zero-order valence-corrected chi connectivity index (χ0v) is 17.2. The average Bonchev–Trinajstić information content (AvgIpc) is 3.10. The summed E-state index contributed by atoms with van der Waals surface area (Å²) in [5.41, 5.74) is 2.99. The Morgan fingerprint density at radius 1 is 1.31 bits per heavy atom. The number of hydrogen-bond acceptors (Lipinski definition) is 4. The number of halogens is 1. The maximum atomic E-state index is 13.3. The highest BCUT2D eigenvalue weighted by molar-refractivity contribution is 5.76. The molecule has 0 spiro atoms. The van der Waals surface area contributed by atoms with Crippen LogP contribution in [-0.2, 0) is 16.1 Å². The fourth-order valence-corrected chi connectivity index (χ4v) is 4.29. The summed E-state index contributed by atoms with van der Waals surface area (Å²) in [7, 11) is 0. The lowest BCUT2D eigenvalue weighted by atomic mass is 9.74. The molecule has 1 aromatic heterocycles. The largest absolute Gasteiger partial charge is 0.349 e. The number of carbonyl (C=O) groups is 1. The van der Waals surface area contributed by atoms with Gasteiger partial charge in [0.2, 0.25) is 5.91 Å². The smallest absolute Gasteiger partial charge is 0.221 e. The van der Waals surface area contributed by atoms with Gasteiger partial charge in [0, 0.05) is 25.1 Å². The van der Waals surface area contributed by atoms with Crippen molar-refractivity contribution in [2.45, 2.75) is 52.0 Å². The van der Waals surface area contributed by atoms with Gasteiger partial charge in [0.15, 0.2) is 0 Å². The number of carbonyl (C=O) groups excluding carboxylic acids is 1. The fourth-order valence-electron chi connectivity index (χ4n) is 4.29. The first-order chi connectivity index (χ1) is 13.9. The van der Waals surface area contributed by atoms with Crippen LogP contribution in [0.1, 0.15) is 56.8 Å². The third-order valence-electron chi connectivity index (χ3n) is 5.75. The van der Waals surface area contributed by atoms with Crippen molar-refractivity contribution in [3.8, 4) is 5.69 Å². The highest BCUT2D eigenvalue weighted by Crippen LogP contribution is 2.41. The summed E-state index contributed by atoms with van der Waals surface area (Å²) in [4.78, 5) is 18.2. The molecule has 1 aliphatic heterocycles. The van der Waals surface area contributed by atoms with Crippen LogP contribution in [0.3, 0.4) is 0 Å². The van der Waals surface area contributed by atoms with Crippen LogP contribution in [-0.4, -0.2) is 40.4 Å². The Balaban J connectivity index is 1.49. The van der Waals surface area contributed by atoms with Gasteiger partial charge in [-0.2, -0.15) is 10.2 Å². The number of hydrogen-bond donors (Lipinski definition) is 1. The number of nitrogens with one attached hydrogen (secondary N) is 1. The molecule has 0 radical (unpaired) electrons. The van der Waals surface area contributed by atoms with Gasteiger partial charge in [-0.25, -0.2) is 9.07 Å². The summed E-state index contributed by atoms with van der Waals surface area (Å²) < 4.78 is 15.2. The molecule has 0 bridgehead atoms. The zero-order valence-electron chi connectivity index (χ0n) is 17.2. The van der Waals surface area contributed by atoms with E-state index < -0.39 is 0 Å². The summed E-state index contributed by atoms with van der Waals surface area (Å²) >= 11 is 0. The van der Waals surface area contributed by atoms with E-state index in [2.05, 4.69) is 24.3 Å². The van der Waals surface area contributed by atoms with Crippen molar-refractivity contribution in [2.75, 3.05) is 19.7 Å². The Labute approximate surface area is 171 Å². The molecule has 2 aromatic rings. The van der Waals surface area contributed by atoms with Crippen LogP contribution in [0.15, 0.2) is 30.5 Å². The maximum Gasteiger partial charge on any atom is 0.221 e. The summed E-state index contributed by atoms with van der Waals surface area (Å²) in [5, 5.41) is 9.66. The quantitative estimate of drug-likeness (QED) is 0.834. The Morgan fingerprint density at radius 3 is 2.83 bits per heavy atom. The van der Waals surface area contributed by atoms with Gasteiger partial charge in [0.05, 0.1) is 30.2 Å². The first-order valence-electron chi connectivity index (χ1n) is 10.4. The first-order valence-corrected chi connectivity index (χ1v) is 10.4. The molecular formula is C22H29FN4O2. The Morgan fingerprint density at radius 2 is 2.10 bits per heavy atom. The topological polar surface area (TPSA) is 59.4 Å². The van der Waals surface area contributed by atoms with Crippen LogP contribution in [0.5, 0.6) is 0 Å². The van der Waals surface area contributed by atoms with E-state index in [4.69, 9.17) is 4.84 Å². The monoisotopic (exact) mass is 400 g/mol. The second-order valence-corrected chi connectivity index (χ2v) is 8.82. The minimum absolute atomic E-state index is 0.0265. The molecule has 7 heteroatoms. The molecular weight excluding hydrogens is 371 g/mol. The zero-order chi connectivity index (χ0) is 20.4. The van der Waals surface area contributed by atoms with E-state index in [-0.39, 0.29) is 23.2 Å². The third kappa shape index (κ3) is 4.67. The van der Waals surface area contributed by atoms with Crippen LogP contribution < -0.4 is 5.32 Å². The van der Waals surface area contributed by atoms with E-state index in [9.17, 15) is 9.18 Å². The van der Waals surface area contributed by atoms with Crippen LogP contribution in [0.4, 0.5) is 4.39 Å². The standard InChI is InChI=1S/C22H29FN4O2/c1-22(2)13-19(25-21(28)9-11-26-10-3-4-12-29-26)18-15-24-27(20(18)14-22)17-7-5-16(23)6-8-17/h5-8,15,19H,3-4,9-14H2,1-2H3,(H,25,28)/t19-/m0/s1. The van der Waals surface area contributed by atoms with Gasteiger partial charge in [-0.1, -0.05) is 13.8 Å². The second-order valence-electron chi connectivity index (χ2n) is 8.82. The lowest BCUT2D eigenvalue weighted by Gasteiger charge is -2.36. The predicted molar refractivity (Wildman–Crippen MR) is 108 cm³/mol. The highest BCUT2D eigenvalue weighted by Gasteiger charge is 2.36. The van der Waals surface area contributed by atoms with E-state index in [1.165, 1.54) is 12.1 Å². The van der Waals surface area contributed by atoms with Gasteiger partial charge in [-0.15, -0.1) is 0 Å². The molecule has 1 saturated heterocycles. The first kappa shape index (κ1) is 20.0. The molecule has 2 heterocycles. The van der Waals surface area contributed by atoms with Crippen molar-refractivity contribution in [2.24, 2.45) is 5.41 Å². The molecule has 1 amide bonds. The molecule has 1 aromatic carbocycles. The molecule has 1 N–H and O–H groups in total. The highest BCUT2D eigenvalue weighted by atomic mass is 19.1. The minimum atomic E-state index is -0.266. The van der Waals surface area contributed by atoms with Crippen LogP contribution in [0.25, 0.3) is 5.69 Å². The molecule has 2 aliphatic rings. The summed E-state index contributed by atoms with van der Waals surface area (Å²) in [5.74, 6) is -0.236. The SMILES string of the molecule is CC1(C)Cc2c(cnn2-c2ccc(F)cc2)[C@@H](NC(=O)CCN2CCCCO2)C1. The van der Waals surface area contributed by atoms with Gasteiger partial charge in [-0.05, 0) is 55.4 Å². The van der Waals surface area contributed by atoms with E-state index >= 15 is 0 Å². The lowest BCUT2D eigenvalue weighted by Crippen LogP contribution is -2.39. The number of amides is 1. The van der Waals surface area contributed by atoms with Crippen molar-refractivity contribution in [1.82, 2.24) is 20.2 Å². The molecule has 29 heavy (non-hydrogen) atoms. The minimum Gasteiger partial charge on any atom is -0.349 e. The summed E-state index contributed by atoms with van der Waals surface area (Å²) in [6.07, 6.45) is 6.17. The van der Waals surface area contributed by atoms with Crippen molar-refractivity contribution < 1.29 is 14.0 Å². The Kier molecular flexibility index (Phi) is 5.69. The average molecular weight is 400 g/mol. The van der Waals surface area contributed by atoms with Gasteiger partial charge >= 0.3 is 0 Å². The van der Waals surface area contributed by atoms with E-state index in [0.717, 1.165) is 55.8 Å². The molecule has 1 aliphatic carbocycles. The second kappa shape index (κ2) is 8.24. The molecule has 6 nitrogen and oxygen atoms in total. The Hall–Kier alpha value is -2.25. The van der Waals surface area contributed by atoms with Gasteiger partial charge < -0.3 is 5.32 Å². The van der Waals surface area contributed by atoms with Crippen LogP contribution in [0.2, 0.25) is 0 Å². The molecule has 0 saturated carbocycles. The third-order valence-corrected chi connectivity index (χ3v) is 5.75.